The highest BCUT2D eigenvalue weighted by Gasteiger charge is 2.35. The SMILES string of the molecule is CN1C(=O)C(Cc2cc(F)c(O)c(F)c2)NC1/C=N/O. The first-order valence-corrected chi connectivity index (χ1v) is 5.81. The van der Waals surface area contributed by atoms with E-state index in [1.165, 1.54) is 11.9 Å². The molecule has 20 heavy (non-hydrogen) atoms. The molecule has 108 valence electrons. The van der Waals surface area contributed by atoms with Gasteiger partial charge in [0.1, 0.15) is 6.17 Å². The standard InChI is InChI=1S/C12H13F2N3O3/c1-17-10(5-15-20)16-9(12(17)19)4-6-2-7(13)11(18)8(14)3-6/h2-3,5,9-10,16,18,20H,4H2,1H3/b15-5+. The zero-order valence-electron chi connectivity index (χ0n) is 10.5. The normalized spacial score (nSPS) is 22.9. The predicted molar refractivity (Wildman–Crippen MR) is 65.5 cm³/mol. The van der Waals surface area contributed by atoms with Crippen molar-refractivity contribution >= 4 is 12.1 Å². The molecule has 1 aromatic rings. The molecule has 1 aliphatic heterocycles. The van der Waals surface area contributed by atoms with E-state index >= 15 is 0 Å². The number of halogens is 2. The number of carbonyl (C=O) groups excluding carboxylic acids is 1. The van der Waals surface area contributed by atoms with E-state index in [1.807, 2.05) is 0 Å². The molecule has 3 N–H and O–H groups in total. The van der Waals surface area contributed by atoms with Gasteiger partial charge in [0.25, 0.3) is 0 Å². The van der Waals surface area contributed by atoms with Crippen LogP contribution in [-0.4, -0.2) is 46.6 Å². The van der Waals surface area contributed by atoms with Crippen molar-refractivity contribution < 1.29 is 23.9 Å². The highest BCUT2D eigenvalue weighted by Crippen LogP contribution is 2.23. The molecule has 2 unspecified atom stereocenters. The van der Waals surface area contributed by atoms with E-state index in [2.05, 4.69) is 10.5 Å². The highest BCUT2D eigenvalue weighted by atomic mass is 19.1. The Kier molecular flexibility index (Phi) is 3.84. The number of hydrogen-bond acceptors (Lipinski definition) is 5. The second kappa shape index (κ2) is 5.41. The topological polar surface area (TPSA) is 85.2 Å². The van der Waals surface area contributed by atoms with E-state index in [0.717, 1.165) is 18.3 Å². The van der Waals surface area contributed by atoms with Crippen molar-refractivity contribution in [2.45, 2.75) is 18.6 Å². The maximum Gasteiger partial charge on any atom is 0.241 e. The lowest BCUT2D eigenvalue weighted by Crippen LogP contribution is -2.36. The van der Waals surface area contributed by atoms with Crippen molar-refractivity contribution in [2.75, 3.05) is 7.05 Å². The Morgan fingerprint density at radius 3 is 2.60 bits per heavy atom. The van der Waals surface area contributed by atoms with Crippen LogP contribution in [0.25, 0.3) is 0 Å². The third kappa shape index (κ3) is 2.55. The molecule has 0 aromatic heterocycles. The summed E-state index contributed by atoms with van der Waals surface area (Å²) in [5.74, 6) is -3.48. The molecule has 6 nitrogen and oxygen atoms in total. The summed E-state index contributed by atoms with van der Waals surface area (Å²) in [4.78, 5) is 13.2. The van der Waals surface area contributed by atoms with Gasteiger partial charge in [0.15, 0.2) is 17.4 Å². The molecule has 2 rings (SSSR count). The van der Waals surface area contributed by atoms with Gasteiger partial charge in [-0.25, -0.2) is 8.78 Å². The Morgan fingerprint density at radius 1 is 1.45 bits per heavy atom. The van der Waals surface area contributed by atoms with Crippen LogP contribution in [0.1, 0.15) is 5.56 Å². The molecule has 1 aliphatic rings. The lowest BCUT2D eigenvalue weighted by Gasteiger charge is -2.12. The van der Waals surface area contributed by atoms with E-state index < -0.39 is 29.6 Å². The Bertz CT molecular complexity index is 542. The van der Waals surface area contributed by atoms with E-state index in [-0.39, 0.29) is 17.9 Å². The van der Waals surface area contributed by atoms with E-state index in [1.54, 1.807) is 0 Å². The summed E-state index contributed by atoms with van der Waals surface area (Å²) in [7, 11) is 1.51. The minimum absolute atomic E-state index is 0.0487. The van der Waals surface area contributed by atoms with Gasteiger partial charge in [-0.15, -0.1) is 0 Å². The number of phenols is 1. The van der Waals surface area contributed by atoms with Gasteiger partial charge in [0.2, 0.25) is 5.91 Å². The van der Waals surface area contributed by atoms with Crippen LogP contribution >= 0.6 is 0 Å². The van der Waals surface area contributed by atoms with Crippen LogP contribution in [0, 0.1) is 11.6 Å². The number of rotatable bonds is 3. The first-order valence-electron chi connectivity index (χ1n) is 5.81. The number of aromatic hydroxyl groups is 1. The molecule has 2 atom stereocenters. The molecule has 1 heterocycles. The van der Waals surface area contributed by atoms with Crippen molar-refractivity contribution in [2.24, 2.45) is 5.16 Å². The maximum absolute atomic E-state index is 13.2. The summed E-state index contributed by atoms with van der Waals surface area (Å²) in [6.45, 7) is 0. The van der Waals surface area contributed by atoms with Gasteiger partial charge in [0, 0.05) is 7.05 Å². The summed E-state index contributed by atoms with van der Waals surface area (Å²) >= 11 is 0. The molecule has 1 aromatic carbocycles. The number of phenolic OH excluding ortho intramolecular Hbond substituents is 1. The monoisotopic (exact) mass is 285 g/mol. The van der Waals surface area contributed by atoms with E-state index in [4.69, 9.17) is 10.3 Å². The summed E-state index contributed by atoms with van der Waals surface area (Å²) in [5.41, 5.74) is 0.235. The first kappa shape index (κ1) is 14.2. The van der Waals surface area contributed by atoms with Crippen LogP contribution in [0.15, 0.2) is 17.3 Å². The van der Waals surface area contributed by atoms with Crippen LogP contribution in [-0.2, 0) is 11.2 Å². The van der Waals surface area contributed by atoms with Crippen molar-refractivity contribution in [3.8, 4) is 5.75 Å². The van der Waals surface area contributed by atoms with Crippen molar-refractivity contribution in [1.29, 1.82) is 0 Å². The van der Waals surface area contributed by atoms with Crippen molar-refractivity contribution in [1.82, 2.24) is 10.2 Å². The summed E-state index contributed by atoms with van der Waals surface area (Å²) in [6.07, 6.45) is 0.604. The zero-order valence-corrected chi connectivity index (χ0v) is 10.5. The molecule has 1 amide bonds. The molecule has 0 bridgehead atoms. The van der Waals surface area contributed by atoms with Gasteiger partial charge >= 0.3 is 0 Å². The lowest BCUT2D eigenvalue weighted by molar-refractivity contribution is -0.128. The molecule has 8 heteroatoms. The summed E-state index contributed by atoms with van der Waals surface area (Å²) in [6, 6.07) is 1.26. The fourth-order valence-electron chi connectivity index (χ4n) is 2.10. The molecular formula is C12H13F2N3O3. The van der Waals surface area contributed by atoms with Crippen molar-refractivity contribution in [3.63, 3.8) is 0 Å². The first-order chi connectivity index (χ1) is 9.43. The Hall–Kier alpha value is -2.22. The minimum atomic E-state index is -1.08. The Balaban J connectivity index is 2.17. The minimum Gasteiger partial charge on any atom is -0.503 e. The van der Waals surface area contributed by atoms with Gasteiger partial charge in [-0.3, -0.25) is 10.1 Å². The number of hydrogen-bond donors (Lipinski definition) is 3. The molecule has 0 aliphatic carbocycles. The van der Waals surface area contributed by atoms with E-state index in [9.17, 15) is 13.6 Å². The van der Waals surface area contributed by atoms with Crippen LogP contribution in [0.2, 0.25) is 0 Å². The highest BCUT2D eigenvalue weighted by molar-refractivity contribution is 5.88. The third-order valence-corrected chi connectivity index (χ3v) is 3.16. The van der Waals surface area contributed by atoms with Crippen LogP contribution < -0.4 is 5.32 Å². The summed E-state index contributed by atoms with van der Waals surface area (Å²) in [5, 5.41) is 23.2. The summed E-state index contributed by atoms with van der Waals surface area (Å²) < 4.78 is 26.5. The zero-order chi connectivity index (χ0) is 14.9. The Labute approximate surface area is 113 Å². The number of oxime groups is 1. The second-order valence-electron chi connectivity index (χ2n) is 4.49. The number of carbonyl (C=O) groups is 1. The number of nitrogens with zero attached hydrogens (tertiary/aromatic N) is 2. The number of benzene rings is 1. The van der Waals surface area contributed by atoms with Gasteiger partial charge in [-0.2, -0.15) is 0 Å². The molecule has 0 saturated carbocycles. The average molecular weight is 285 g/mol. The molecule has 1 fully saturated rings. The average Bonchev–Trinajstić information content (AvgIpc) is 2.65. The quantitative estimate of drug-likeness (QED) is 0.427. The smallest absolute Gasteiger partial charge is 0.241 e. The number of amides is 1. The fourth-order valence-corrected chi connectivity index (χ4v) is 2.10. The molecule has 0 radical (unpaired) electrons. The van der Waals surface area contributed by atoms with Crippen LogP contribution in [0.4, 0.5) is 8.78 Å². The van der Waals surface area contributed by atoms with Crippen molar-refractivity contribution in [3.05, 3.63) is 29.3 Å². The second-order valence-corrected chi connectivity index (χ2v) is 4.49. The third-order valence-electron chi connectivity index (χ3n) is 3.16. The number of likely N-dealkylation sites (N-methyl/N-ethyl adjacent to an activating group) is 1. The van der Waals surface area contributed by atoms with Gasteiger partial charge in [-0.1, -0.05) is 5.16 Å². The lowest BCUT2D eigenvalue weighted by atomic mass is 10.1. The molecular weight excluding hydrogens is 272 g/mol. The largest absolute Gasteiger partial charge is 0.503 e. The maximum atomic E-state index is 13.2. The van der Waals surface area contributed by atoms with Crippen LogP contribution in [0.5, 0.6) is 5.75 Å². The Morgan fingerprint density at radius 2 is 2.05 bits per heavy atom. The fraction of sp³-hybridized carbons (Fsp3) is 0.333. The van der Waals surface area contributed by atoms with Gasteiger partial charge in [-0.05, 0) is 24.1 Å². The predicted octanol–water partition coefficient (Wildman–Crippen LogP) is 0.429. The number of nitrogens with one attached hydrogen (secondary N) is 1. The van der Waals surface area contributed by atoms with Gasteiger partial charge in [0.05, 0.1) is 12.3 Å². The molecule has 1 saturated heterocycles. The molecule has 0 spiro atoms. The van der Waals surface area contributed by atoms with E-state index in [0.29, 0.717) is 0 Å². The van der Waals surface area contributed by atoms with Crippen LogP contribution in [0.3, 0.4) is 0 Å². The van der Waals surface area contributed by atoms with Gasteiger partial charge < -0.3 is 15.2 Å².